The maximum Gasteiger partial charge on any atom is 0.404 e. The van der Waals surface area contributed by atoms with Gasteiger partial charge in [-0.15, -0.1) is 0 Å². The average Bonchev–Trinajstić information content (AvgIpc) is 2.09. The minimum absolute atomic E-state index is 0.0374. The van der Waals surface area contributed by atoms with E-state index in [9.17, 15) is 13.2 Å². The Kier molecular flexibility index (Phi) is 5.44. The van der Waals surface area contributed by atoms with Crippen LogP contribution in [0.3, 0.4) is 0 Å². The molecule has 0 aliphatic rings. The topological polar surface area (TPSA) is 29.3 Å². The van der Waals surface area contributed by atoms with Crippen molar-refractivity contribution in [3.05, 3.63) is 0 Å². The van der Waals surface area contributed by atoms with Crippen molar-refractivity contribution in [2.24, 2.45) is 5.73 Å². The van der Waals surface area contributed by atoms with Gasteiger partial charge in [0.05, 0.1) is 0 Å². The first kappa shape index (κ1) is 13.7. The quantitative estimate of drug-likeness (QED) is 0.755. The van der Waals surface area contributed by atoms with Crippen molar-refractivity contribution < 1.29 is 13.2 Å². The third-order valence-corrected chi connectivity index (χ3v) is 2.60. The molecule has 0 heterocycles. The number of alkyl halides is 3. The van der Waals surface area contributed by atoms with E-state index in [2.05, 4.69) is 0 Å². The summed E-state index contributed by atoms with van der Waals surface area (Å²) in [5, 5.41) is 0. The van der Waals surface area contributed by atoms with E-state index in [0.29, 0.717) is 6.42 Å². The summed E-state index contributed by atoms with van der Waals surface area (Å²) < 4.78 is 37.7. The fourth-order valence-corrected chi connectivity index (χ4v) is 1.35. The minimum atomic E-state index is -4.18. The number of halogens is 3. The van der Waals surface area contributed by atoms with Gasteiger partial charge < -0.3 is 5.73 Å². The lowest BCUT2D eigenvalue weighted by atomic mass is 10.1. The lowest BCUT2D eigenvalue weighted by Crippen LogP contribution is -2.48. The summed E-state index contributed by atoms with van der Waals surface area (Å²) >= 11 is 0. The molecule has 0 saturated heterocycles. The maximum absolute atomic E-state index is 12.6. The van der Waals surface area contributed by atoms with Gasteiger partial charge in [0.25, 0.3) is 0 Å². The predicted octanol–water partition coefficient (Wildman–Crippen LogP) is 2.00. The standard InChI is InChI=1S/C9H19F3N2/c1-4-7(2)14(3)8(5-6-13)9(10,11)12/h7-8H,4-6,13H2,1-3H3. The Hall–Kier alpha value is -0.290. The molecule has 0 aliphatic carbocycles. The van der Waals surface area contributed by atoms with Crippen LogP contribution in [0, 0.1) is 0 Å². The summed E-state index contributed by atoms with van der Waals surface area (Å²) in [6, 6.07) is -1.49. The van der Waals surface area contributed by atoms with Crippen molar-refractivity contribution in [3.63, 3.8) is 0 Å². The van der Waals surface area contributed by atoms with Crippen molar-refractivity contribution >= 4 is 0 Å². The molecular weight excluding hydrogens is 193 g/mol. The molecular formula is C9H19F3N2. The highest BCUT2D eigenvalue weighted by atomic mass is 19.4. The van der Waals surface area contributed by atoms with Crippen LogP contribution >= 0.6 is 0 Å². The van der Waals surface area contributed by atoms with Crippen molar-refractivity contribution in [1.82, 2.24) is 4.90 Å². The molecule has 0 aliphatic heterocycles. The van der Waals surface area contributed by atoms with Crippen LogP contribution in [0.1, 0.15) is 26.7 Å². The van der Waals surface area contributed by atoms with Gasteiger partial charge in [0.2, 0.25) is 0 Å². The molecule has 0 aromatic rings. The van der Waals surface area contributed by atoms with Crippen molar-refractivity contribution in [2.45, 2.75) is 44.9 Å². The van der Waals surface area contributed by atoms with Crippen LogP contribution in [0.2, 0.25) is 0 Å². The summed E-state index contributed by atoms with van der Waals surface area (Å²) in [5.74, 6) is 0. The molecule has 0 amide bonds. The molecule has 0 aromatic carbocycles. The number of hydrogen-bond donors (Lipinski definition) is 1. The monoisotopic (exact) mass is 212 g/mol. The molecule has 0 fully saturated rings. The molecule has 86 valence electrons. The Morgan fingerprint density at radius 2 is 1.86 bits per heavy atom. The van der Waals surface area contributed by atoms with Gasteiger partial charge in [0.1, 0.15) is 6.04 Å². The van der Waals surface area contributed by atoms with Crippen LogP contribution in [-0.4, -0.2) is 36.8 Å². The Morgan fingerprint density at radius 1 is 1.36 bits per heavy atom. The number of nitrogens with two attached hydrogens (primary N) is 1. The second-order valence-corrected chi connectivity index (χ2v) is 3.56. The van der Waals surface area contributed by atoms with E-state index >= 15 is 0 Å². The first-order valence-corrected chi connectivity index (χ1v) is 4.83. The Morgan fingerprint density at radius 3 is 2.14 bits per heavy atom. The Balaban J connectivity index is 4.48. The molecule has 0 rings (SSSR count). The van der Waals surface area contributed by atoms with Crippen LogP contribution in [0.5, 0.6) is 0 Å². The minimum Gasteiger partial charge on any atom is -0.330 e. The third kappa shape index (κ3) is 3.84. The van der Waals surface area contributed by atoms with E-state index in [1.54, 1.807) is 6.92 Å². The largest absolute Gasteiger partial charge is 0.404 e. The van der Waals surface area contributed by atoms with Gasteiger partial charge in [0, 0.05) is 6.04 Å². The zero-order valence-corrected chi connectivity index (χ0v) is 8.93. The van der Waals surface area contributed by atoms with Crippen LogP contribution < -0.4 is 5.73 Å². The highest BCUT2D eigenvalue weighted by molar-refractivity contribution is 4.79. The molecule has 2 unspecified atom stereocenters. The van der Waals surface area contributed by atoms with Gasteiger partial charge in [-0.05, 0) is 33.4 Å². The average molecular weight is 212 g/mol. The zero-order chi connectivity index (χ0) is 11.4. The molecule has 5 heteroatoms. The fraction of sp³-hybridized carbons (Fsp3) is 1.00. The molecule has 2 N–H and O–H groups in total. The van der Waals surface area contributed by atoms with Gasteiger partial charge in [-0.25, -0.2) is 0 Å². The first-order valence-electron chi connectivity index (χ1n) is 4.83. The van der Waals surface area contributed by atoms with Crippen molar-refractivity contribution in [3.8, 4) is 0 Å². The van der Waals surface area contributed by atoms with E-state index in [4.69, 9.17) is 5.73 Å². The lowest BCUT2D eigenvalue weighted by Gasteiger charge is -2.33. The Labute approximate surface area is 83.3 Å². The maximum atomic E-state index is 12.6. The first-order chi connectivity index (χ1) is 6.34. The summed E-state index contributed by atoms with van der Waals surface area (Å²) in [6.45, 7) is 3.72. The normalized spacial score (nSPS) is 17.1. The van der Waals surface area contributed by atoms with Gasteiger partial charge >= 0.3 is 6.18 Å². The van der Waals surface area contributed by atoms with Gasteiger partial charge in [0.15, 0.2) is 0 Å². The number of hydrogen-bond acceptors (Lipinski definition) is 2. The Bertz CT molecular complexity index is 159. The fourth-order valence-electron chi connectivity index (χ4n) is 1.35. The highest BCUT2D eigenvalue weighted by Crippen LogP contribution is 2.27. The molecule has 0 aromatic heterocycles. The third-order valence-electron chi connectivity index (χ3n) is 2.60. The second-order valence-electron chi connectivity index (χ2n) is 3.56. The van der Waals surface area contributed by atoms with Gasteiger partial charge in [-0.1, -0.05) is 6.92 Å². The molecule has 14 heavy (non-hydrogen) atoms. The van der Waals surface area contributed by atoms with E-state index < -0.39 is 12.2 Å². The predicted molar refractivity (Wildman–Crippen MR) is 51.0 cm³/mol. The van der Waals surface area contributed by atoms with E-state index in [1.807, 2.05) is 6.92 Å². The smallest absolute Gasteiger partial charge is 0.330 e. The molecule has 2 atom stereocenters. The summed E-state index contributed by atoms with van der Waals surface area (Å²) in [5.41, 5.74) is 5.18. The number of nitrogens with zero attached hydrogens (tertiary/aromatic N) is 1. The van der Waals surface area contributed by atoms with E-state index in [-0.39, 0.29) is 19.0 Å². The SMILES string of the molecule is CCC(C)N(C)C(CCN)C(F)(F)F. The molecule has 0 spiro atoms. The van der Waals surface area contributed by atoms with Gasteiger partial charge in [-0.2, -0.15) is 13.2 Å². The zero-order valence-electron chi connectivity index (χ0n) is 8.93. The van der Waals surface area contributed by atoms with Crippen molar-refractivity contribution in [2.75, 3.05) is 13.6 Å². The van der Waals surface area contributed by atoms with Crippen LogP contribution in [-0.2, 0) is 0 Å². The molecule has 0 bridgehead atoms. The van der Waals surface area contributed by atoms with Crippen LogP contribution in [0.4, 0.5) is 13.2 Å². The second kappa shape index (κ2) is 5.56. The van der Waals surface area contributed by atoms with Crippen LogP contribution in [0.15, 0.2) is 0 Å². The molecule has 0 radical (unpaired) electrons. The molecule has 0 saturated carbocycles. The lowest BCUT2D eigenvalue weighted by molar-refractivity contribution is -0.186. The summed E-state index contributed by atoms with van der Waals surface area (Å²) in [7, 11) is 1.50. The van der Waals surface area contributed by atoms with Crippen molar-refractivity contribution in [1.29, 1.82) is 0 Å². The highest BCUT2D eigenvalue weighted by Gasteiger charge is 2.42. The van der Waals surface area contributed by atoms with Crippen LogP contribution in [0.25, 0.3) is 0 Å². The number of rotatable bonds is 5. The van der Waals surface area contributed by atoms with E-state index in [1.165, 1.54) is 11.9 Å². The summed E-state index contributed by atoms with van der Waals surface area (Å²) in [4.78, 5) is 1.35. The van der Waals surface area contributed by atoms with E-state index in [0.717, 1.165) is 0 Å². The van der Waals surface area contributed by atoms with Gasteiger partial charge in [-0.3, -0.25) is 4.90 Å². The molecule has 2 nitrogen and oxygen atoms in total. The summed E-state index contributed by atoms with van der Waals surface area (Å²) in [6.07, 6.45) is -3.52.